The third-order valence-electron chi connectivity index (χ3n) is 2.33. The SMILES string of the molecule is Cc1nnc2sc(-c3ccc[n+](C)c3)nn12. The lowest BCUT2D eigenvalue weighted by molar-refractivity contribution is -0.671. The molecule has 5 nitrogen and oxygen atoms in total. The molecule has 3 rings (SSSR count). The molecule has 6 heteroatoms. The van der Waals surface area contributed by atoms with Crippen molar-refractivity contribution in [1.29, 1.82) is 0 Å². The zero-order valence-corrected chi connectivity index (χ0v) is 9.77. The van der Waals surface area contributed by atoms with E-state index in [0.29, 0.717) is 0 Å². The number of hydrogen-bond acceptors (Lipinski definition) is 4. The van der Waals surface area contributed by atoms with E-state index >= 15 is 0 Å². The van der Waals surface area contributed by atoms with Crippen LogP contribution >= 0.6 is 11.3 Å². The Morgan fingerprint density at radius 2 is 2.25 bits per heavy atom. The Morgan fingerprint density at radius 1 is 1.38 bits per heavy atom. The molecule has 0 fully saturated rings. The molecule has 0 N–H and O–H groups in total. The third-order valence-corrected chi connectivity index (χ3v) is 3.28. The molecule has 0 radical (unpaired) electrons. The van der Waals surface area contributed by atoms with E-state index in [4.69, 9.17) is 0 Å². The maximum atomic E-state index is 4.48. The first kappa shape index (κ1) is 9.41. The minimum Gasteiger partial charge on any atom is -0.207 e. The molecule has 0 aliphatic heterocycles. The predicted molar refractivity (Wildman–Crippen MR) is 60.0 cm³/mol. The average molecular weight is 232 g/mol. The van der Waals surface area contributed by atoms with Crippen LogP contribution in [0.4, 0.5) is 0 Å². The number of hydrogen-bond donors (Lipinski definition) is 0. The Labute approximate surface area is 96.0 Å². The summed E-state index contributed by atoms with van der Waals surface area (Å²) in [5.74, 6) is 0.817. The molecule has 80 valence electrons. The summed E-state index contributed by atoms with van der Waals surface area (Å²) in [7, 11) is 2.00. The number of aryl methyl sites for hydroxylation is 2. The highest BCUT2D eigenvalue weighted by atomic mass is 32.1. The molecule has 0 saturated heterocycles. The fraction of sp³-hybridized carbons (Fsp3) is 0.200. The van der Waals surface area contributed by atoms with Gasteiger partial charge in [0.1, 0.15) is 7.05 Å². The Hall–Kier alpha value is -1.82. The van der Waals surface area contributed by atoms with Crippen LogP contribution in [0.25, 0.3) is 15.5 Å². The minimum atomic E-state index is 0.817. The molecule has 16 heavy (non-hydrogen) atoms. The normalized spacial score (nSPS) is 11.1. The van der Waals surface area contributed by atoms with Crippen LogP contribution in [-0.4, -0.2) is 19.8 Å². The van der Waals surface area contributed by atoms with E-state index in [1.807, 2.05) is 43.1 Å². The Bertz CT molecular complexity index is 654. The average Bonchev–Trinajstić information content (AvgIpc) is 2.81. The van der Waals surface area contributed by atoms with Gasteiger partial charge in [0.25, 0.3) is 0 Å². The van der Waals surface area contributed by atoms with Crippen molar-refractivity contribution in [2.45, 2.75) is 6.92 Å². The van der Waals surface area contributed by atoms with Gasteiger partial charge in [-0.2, -0.15) is 9.61 Å². The lowest BCUT2D eigenvalue weighted by Gasteiger charge is -1.91. The number of rotatable bonds is 1. The van der Waals surface area contributed by atoms with Gasteiger partial charge in [0, 0.05) is 6.07 Å². The first-order valence-corrected chi connectivity index (χ1v) is 5.70. The summed E-state index contributed by atoms with van der Waals surface area (Å²) in [4.78, 5) is 0.832. The van der Waals surface area contributed by atoms with Crippen molar-refractivity contribution in [3.63, 3.8) is 0 Å². The van der Waals surface area contributed by atoms with Crippen molar-refractivity contribution in [2.24, 2.45) is 7.05 Å². The van der Waals surface area contributed by atoms with Crippen molar-refractivity contribution < 1.29 is 4.57 Å². The smallest absolute Gasteiger partial charge is 0.207 e. The third kappa shape index (κ3) is 1.38. The highest BCUT2D eigenvalue weighted by molar-refractivity contribution is 7.19. The molecule has 0 aliphatic rings. The first-order valence-electron chi connectivity index (χ1n) is 4.88. The summed E-state index contributed by atoms with van der Waals surface area (Å²) in [6.45, 7) is 1.90. The van der Waals surface area contributed by atoms with Gasteiger partial charge in [-0.25, -0.2) is 4.57 Å². The van der Waals surface area contributed by atoms with E-state index in [1.165, 1.54) is 0 Å². The predicted octanol–water partition coefficient (Wildman–Crippen LogP) is 0.986. The molecule has 0 atom stereocenters. The second-order valence-corrected chi connectivity index (χ2v) is 4.56. The molecular formula is C10H10N5S+. The second-order valence-electron chi connectivity index (χ2n) is 3.61. The van der Waals surface area contributed by atoms with Gasteiger partial charge < -0.3 is 0 Å². The van der Waals surface area contributed by atoms with Crippen molar-refractivity contribution in [3.05, 3.63) is 30.4 Å². The van der Waals surface area contributed by atoms with Crippen molar-refractivity contribution >= 4 is 16.3 Å². The molecular weight excluding hydrogens is 222 g/mol. The van der Waals surface area contributed by atoms with E-state index < -0.39 is 0 Å². The Balaban J connectivity index is 2.19. The van der Waals surface area contributed by atoms with Gasteiger partial charge in [-0.1, -0.05) is 11.3 Å². The number of aromatic nitrogens is 5. The number of nitrogens with zero attached hydrogens (tertiary/aromatic N) is 5. The molecule has 3 heterocycles. The topological polar surface area (TPSA) is 47.0 Å². The van der Waals surface area contributed by atoms with Gasteiger partial charge in [-0.05, 0) is 13.0 Å². The molecule has 0 unspecified atom stereocenters. The fourth-order valence-electron chi connectivity index (χ4n) is 1.55. The van der Waals surface area contributed by atoms with Crippen molar-refractivity contribution in [3.8, 4) is 10.6 Å². The van der Waals surface area contributed by atoms with E-state index in [1.54, 1.807) is 15.9 Å². The van der Waals surface area contributed by atoms with Gasteiger partial charge in [-0.3, -0.25) is 0 Å². The first-order chi connectivity index (χ1) is 7.74. The fourth-order valence-corrected chi connectivity index (χ4v) is 2.42. The lowest BCUT2D eigenvalue weighted by Crippen LogP contribution is -2.26. The van der Waals surface area contributed by atoms with Crippen LogP contribution in [0.5, 0.6) is 0 Å². The molecule has 0 amide bonds. The van der Waals surface area contributed by atoms with Crippen LogP contribution in [0.3, 0.4) is 0 Å². The van der Waals surface area contributed by atoms with Gasteiger partial charge in [0.2, 0.25) is 4.96 Å². The quantitative estimate of drug-likeness (QED) is 0.588. The maximum absolute atomic E-state index is 4.48. The van der Waals surface area contributed by atoms with Crippen molar-refractivity contribution in [2.75, 3.05) is 0 Å². The standard InChI is InChI=1S/C10H10N5S/c1-7-11-12-10-15(7)13-9(16-10)8-4-3-5-14(2)6-8/h3-6H,1-2H3/q+1. The molecule has 0 bridgehead atoms. The van der Waals surface area contributed by atoms with E-state index in [0.717, 1.165) is 21.4 Å². The van der Waals surface area contributed by atoms with Crippen LogP contribution in [0.2, 0.25) is 0 Å². The maximum Gasteiger partial charge on any atom is 0.234 e. The number of fused-ring (bicyclic) bond motifs is 1. The lowest BCUT2D eigenvalue weighted by atomic mass is 10.3. The van der Waals surface area contributed by atoms with Gasteiger partial charge >= 0.3 is 0 Å². The highest BCUT2D eigenvalue weighted by Gasteiger charge is 2.11. The summed E-state index contributed by atoms with van der Waals surface area (Å²) >= 11 is 1.54. The second kappa shape index (κ2) is 3.34. The highest BCUT2D eigenvalue weighted by Crippen LogP contribution is 2.23. The largest absolute Gasteiger partial charge is 0.234 e. The Morgan fingerprint density at radius 3 is 3.00 bits per heavy atom. The molecule has 0 saturated carbocycles. The van der Waals surface area contributed by atoms with Gasteiger partial charge in [0.15, 0.2) is 23.2 Å². The van der Waals surface area contributed by atoms with Crippen LogP contribution in [0.1, 0.15) is 5.82 Å². The summed E-state index contributed by atoms with van der Waals surface area (Å²) in [5, 5.41) is 13.5. The van der Waals surface area contributed by atoms with Crippen LogP contribution in [0, 0.1) is 6.92 Å². The van der Waals surface area contributed by atoms with Gasteiger partial charge in [-0.15, -0.1) is 10.2 Å². The molecule has 0 aliphatic carbocycles. The Kier molecular flexibility index (Phi) is 1.97. The van der Waals surface area contributed by atoms with E-state index in [-0.39, 0.29) is 0 Å². The molecule has 3 aromatic heterocycles. The minimum absolute atomic E-state index is 0.817. The molecule has 0 aromatic carbocycles. The van der Waals surface area contributed by atoms with Crippen LogP contribution < -0.4 is 4.57 Å². The van der Waals surface area contributed by atoms with Crippen LogP contribution in [0.15, 0.2) is 24.5 Å². The van der Waals surface area contributed by atoms with Gasteiger partial charge in [0.05, 0.1) is 5.56 Å². The van der Waals surface area contributed by atoms with Crippen molar-refractivity contribution in [1.82, 2.24) is 19.8 Å². The number of pyridine rings is 1. The summed E-state index contributed by atoms with van der Waals surface area (Å²) in [6.07, 6.45) is 4.04. The zero-order chi connectivity index (χ0) is 11.1. The molecule has 0 spiro atoms. The van der Waals surface area contributed by atoms with E-state index in [9.17, 15) is 0 Å². The summed E-state index contributed by atoms with van der Waals surface area (Å²) in [5.41, 5.74) is 1.10. The molecule has 3 aromatic rings. The zero-order valence-electron chi connectivity index (χ0n) is 8.95. The summed E-state index contributed by atoms with van der Waals surface area (Å²) < 4.78 is 3.78. The summed E-state index contributed by atoms with van der Waals surface area (Å²) in [6, 6.07) is 4.05. The van der Waals surface area contributed by atoms with Crippen LogP contribution in [-0.2, 0) is 7.05 Å². The monoisotopic (exact) mass is 232 g/mol. The van der Waals surface area contributed by atoms with E-state index in [2.05, 4.69) is 15.3 Å².